The highest BCUT2D eigenvalue weighted by Gasteiger charge is 2.36. The van der Waals surface area contributed by atoms with Gasteiger partial charge in [-0.3, -0.25) is 4.90 Å². The lowest BCUT2D eigenvalue weighted by Crippen LogP contribution is -2.22. The van der Waals surface area contributed by atoms with Crippen molar-refractivity contribution in [3.63, 3.8) is 0 Å². The topological polar surface area (TPSA) is 3.24 Å². The van der Waals surface area contributed by atoms with Crippen molar-refractivity contribution in [2.75, 3.05) is 18.7 Å². The van der Waals surface area contributed by atoms with Crippen LogP contribution in [0.1, 0.15) is 20.8 Å². The quantitative estimate of drug-likeness (QED) is 0.561. The summed E-state index contributed by atoms with van der Waals surface area (Å²) in [5, 5.41) is 0. The van der Waals surface area contributed by atoms with Gasteiger partial charge in [0.1, 0.15) is 0 Å². The van der Waals surface area contributed by atoms with E-state index < -0.39 is 10.8 Å². The van der Waals surface area contributed by atoms with Crippen LogP contribution in [-0.2, 0) is 0 Å². The minimum atomic E-state index is -3.22. The van der Waals surface area contributed by atoms with E-state index in [4.69, 9.17) is 0 Å². The summed E-state index contributed by atoms with van der Waals surface area (Å²) >= 11 is 0. The summed E-state index contributed by atoms with van der Waals surface area (Å²) < 4.78 is 25.0. The molecule has 0 aromatic heterocycles. The molecule has 0 amide bonds. The predicted octanol–water partition coefficient (Wildman–Crippen LogP) is 2.88. The molecule has 0 aromatic rings. The Balaban J connectivity index is 0.000000461. The average molecular weight is 185 g/mol. The van der Waals surface area contributed by atoms with Gasteiger partial charge in [0.15, 0.2) is 0 Å². The zero-order chi connectivity index (χ0) is 9.07. The molecule has 0 bridgehead atoms. The van der Waals surface area contributed by atoms with E-state index in [1.54, 1.807) is 11.9 Å². The third-order valence-corrected chi connectivity index (χ3v) is 3.39. The fourth-order valence-electron chi connectivity index (χ4n) is 0.958. The molecule has 1 aliphatic heterocycles. The Morgan fingerprint density at radius 1 is 1.36 bits per heavy atom. The lowest BCUT2D eigenvalue weighted by atomic mass is 10.4. The fraction of sp³-hybridized carbons (Fsp3) is 1.00. The van der Waals surface area contributed by atoms with Gasteiger partial charge in [-0.25, -0.2) is 0 Å². The third kappa shape index (κ3) is 3.38. The van der Waals surface area contributed by atoms with Gasteiger partial charge < -0.3 is 0 Å². The summed E-state index contributed by atoms with van der Waals surface area (Å²) in [4.78, 5) is 1.72. The maximum Gasteiger partial charge on any atom is 0.0825 e. The number of hydrogen-bond acceptors (Lipinski definition) is 1. The van der Waals surface area contributed by atoms with Crippen molar-refractivity contribution in [3.8, 4) is 0 Å². The van der Waals surface area contributed by atoms with Gasteiger partial charge in [0, 0.05) is 11.8 Å². The van der Waals surface area contributed by atoms with Crippen molar-refractivity contribution >= 4 is 10.8 Å². The number of rotatable bonds is 0. The first kappa shape index (κ1) is 11.2. The smallest absolute Gasteiger partial charge is 0.0825 e. The molecule has 70 valence electrons. The molecule has 1 saturated heterocycles. The molecule has 11 heavy (non-hydrogen) atoms. The van der Waals surface area contributed by atoms with Crippen LogP contribution in [0.2, 0.25) is 0 Å². The molecule has 0 N–H and O–H groups in total. The third-order valence-electron chi connectivity index (χ3n) is 1.63. The standard InChI is InChI=1S/C5H11F2NS.C2H6/c1-5-3-9(6,7)4-8(5)2;1-2/h5H,3-4H2,1-2H3;1-2H3. The highest BCUT2D eigenvalue weighted by molar-refractivity contribution is 8.25. The zero-order valence-corrected chi connectivity index (χ0v) is 8.42. The highest BCUT2D eigenvalue weighted by atomic mass is 32.3. The molecule has 0 aliphatic carbocycles. The highest BCUT2D eigenvalue weighted by Crippen LogP contribution is 2.56. The van der Waals surface area contributed by atoms with Gasteiger partial charge in [-0.05, 0) is 14.0 Å². The van der Waals surface area contributed by atoms with Crippen LogP contribution in [0.15, 0.2) is 0 Å². The minimum absolute atomic E-state index is 0.00810. The Kier molecular flexibility index (Phi) is 4.32. The van der Waals surface area contributed by atoms with E-state index in [9.17, 15) is 7.77 Å². The van der Waals surface area contributed by atoms with Crippen molar-refractivity contribution in [2.24, 2.45) is 0 Å². The second kappa shape index (κ2) is 4.26. The van der Waals surface area contributed by atoms with Crippen molar-refractivity contribution in [3.05, 3.63) is 0 Å². The minimum Gasteiger partial charge on any atom is -0.291 e. The van der Waals surface area contributed by atoms with Crippen LogP contribution >= 0.6 is 10.8 Å². The van der Waals surface area contributed by atoms with Crippen molar-refractivity contribution in [2.45, 2.75) is 26.8 Å². The first-order valence-electron chi connectivity index (χ1n) is 3.89. The average Bonchev–Trinajstić information content (AvgIpc) is 2.10. The molecule has 0 aromatic carbocycles. The second-order valence-electron chi connectivity index (χ2n) is 2.60. The van der Waals surface area contributed by atoms with Gasteiger partial charge in [0.2, 0.25) is 0 Å². The predicted molar refractivity (Wildman–Crippen MR) is 48.1 cm³/mol. The van der Waals surface area contributed by atoms with E-state index in [1.807, 2.05) is 20.8 Å². The molecule has 1 rings (SSSR count). The van der Waals surface area contributed by atoms with Crippen molar-refractivity contribution in [1.29, 1.82) is 0 Å². The van der Waals surface area contributed by atoms with Gasteiger partial charge in [-0.15, -0.1) is 0 Å². The monoisotopic (exact) mass is 185 g/mol. The Hall–Kier alpha value is 0.170. The Morgan fingerprint density at radius 2 is 1.82 bits per heavy atom. The van der Waals surface area contributed by atoms with Crippen molar-refractivity contribution in [1.82, 2.24) is 4.90 Å². The molecule has 1 unspecified atom stereocenters. The first-order valence-corrected chi connectivity index (χ1v) is 5.67. The van der Waals surface area contributed by atoms with Gasteiger partial charge in [0.25, 0.3) is 0 Å². The maximum absolute atomic E-state index is 12.5. The van der Waals surface area contributed by atoms with Gasteiger partial charge >= 0.3 is 0 Å². The van der Waals surface area contributed by atoms with E-state index in [1.165, 1.54) is 0 Å². The molecule has 1 fully saturated rings. The number of halogens is 2. The van der Waals surface area contributed by atoms with Gasteiger partial charge in [-0.2, -0.15) is 7.77 Å². The number of nitrogens with zero attached hydrogens (tertiary/aromatic N) is 1. The molecule has 1 atom stereocenters. The largest absolute Gasteiger partial charge is 0.291 e. The zero-order valence-electron chi connectivity index (χ0n) is 7.60. The summed E-state index contributed by atoms with van der Waals surface area (Å²) in [7, 11) is -1.47. The molecular weight excluding hydrogens is 168 g/mol. The van der Waals surface area contributed by atoms with E-state index in [-0.39, 0.29) is 17.7 Å². The summed E-state index contributed by atoms with van der Waals surface area (Å²) in [6, 6.07) is 0.0787. The van der Waals surface area contributed by atoms with Crippen LogP contribution < -0.4 is 0 Å². The molecule has 0 saturated carbocycles. The summed E-state index contributed by atoms with van der Waals surface area (Å²) in [6.07, 6.45) is 0. The Labute approximate surface area is 69.7 Å². The Morgan fingerprint density at radius 3 is 1.91 bits per heavy atom. The molecule has 1 aliphatic rings. The fourth-order valence-corrected chi connectivity index (χ4v) is 2.87. The second-order valence-corrected chi connectivity index (χ2v) is 4.59. The van der Waals surface area contributed by atoms with Crippen LogP contribution in [0.25, 0.3) is 0 Å². The Bertz CT molecular complexity index is 107. The molecule has 4 heteroatoms. The van der Waals surface area contributed by atoms with Crippen LogP contribution in [-0.4, -0.2) is 29.6 Å². The molecule has 0 radical (unpaired) electrons. The normalized spacial score (nSPS) is 32.4. The van der Waals surface area contributed by atoms with Crippen LogP contribution in [0.4, 0.5) is 7.77 Å². The summed E-state index contributed by atoms with van der Waals surface area (Å²) in [6.45, 7) is 5.84. The summed E-state index contributed by atoms with van der Waals surface area (Å²) in [5.41, 5.74) is 0. The first-order chi connectivity index (χ1) is 5.01. The SMILES string of the molecule is CC.CC1CS(F)(F)CN1C. The van der Waals surface area contributed by atoms with E-state index in [0.29, 0.717) is 0 Å². The maximum atomic E-state index is 12.5. The molecule has 0 spiro atoms. The van der Waals surface area contributed by atoms with E-state index in [0.717, 1.165) is 0 Å². The lowest BCUT2D eigenvalue weighted by molar-refractivity contribution is 0.343. The molecule has 1 nitrogen and oxygen atoms in total. The van der Waals surface area contributed by atoms with Gasteiger partial charge in [0.05, 0.1) is 16.7 Å². The van der Waals surface area contributed by atoms with Crippen LogP contribution in [0.5, 0.6) is 0 Å². The lowest BCUT2D eigenvalue weighted by Gasteiger charge is -2.12. The van der Waals surface area contributed by atoms with E-state index in [2.05, 4.69) is 0 Å². The number of hydrogen-bond donors (Lipinski definition) is 0. The van der Waals surface area contributed by atoms with Crippen molar-refractivity contribution < 1.29 is 7.77 Å². The molecular formula is C7H17F2NS. The van der Waals surface area contributed by atoms with E-state index >= 15 is 0 Å². The van der Waals surface area contributed by atoms with Crippen LogP contribution in [0, 0.1) is 0 Å². The van der Waals surface area contributed by atoms with Gasteiger partial charge in [-0.1, -0.05) is 13.8 Å². The van der Waals surface area contributed by atoms with Crippen LogP contribution in [0.3, 0.4) is 0 Å². The summed E-state index contributed by atoms with van der Waals surface area (Å²) in [5.74, 6) is 0.109. The molecule has 1 heterocycles.